The van der Waals surface area contributed by atoms with Crippen molar-refractivity contribution in [3.05, 3.63) is 41.9 Å². The summed E-state index contributed by atoms with van der Waals surface area (Å²) in [5.41, 5.74) is 0.556. The van der Waals surface area contributed by atoms with E-state index >= 15 is 0 Å². The second-order valence-electron chi connectivity index (χ2n) is 4.67. The molecule has 7 heteroatoms. The number of nitrogens with zero attached hydrogens (tertiary/aromatic N) is 3. The fourth-order valence-electron chi connectivity index (χ4n) is 1.76. The summed E-state index contributed by atoms with van der Waals surface area (Å²) in [6.07, 6.45) is 0.682. The number of likely N-dealkylation sites (N-methyl/N-ethyl adjacent to an activating group) is 1. The number of hydrogen-bond acceptors (Lipinski definition) is 5. The minimum Gasteiger partial charge on any atom is -0.424 e. The van der Waals surface area contributed by atoms with Gasteiger partial charge >= 0.3 is 0 Å². The number of hydrogen-bond donors (Lipinski definition) is 1. The molecule has 112 valence electrons. The Morgan fingerprint density at radius 1 is 1.29 bits per heavy atom. The predicted octanol–water partition coefficient (Wildman–Crippen LogP) is 1.84. The van der Waals surface area contributed by atoms with Gasteiger partial charge in [-0.2, -0.15) is 0 Å². The van der Waals surface area contributed by atoms with Gasteiger partial charge in [0.15, 0.2) is 0 Å². The lowest BCUT2D eigenvalue weighted by molar-refractivity contribution is -0.117. The highest BCUT2D eigenvalue weighted by Gasteiger charge is 2.11. The third-order valence-electron chi connectivity index (χ3n) is 2.76. The SMILES string of the molecule is CCc1nnc(CN(C)CC(=O)Nc2ccc(F)cc2)o1. The quantitative estimate of drug-likeness (QED) is 0.879. The number of aryl methyl sites for hydroxylation is 1. The highest BCUT2D eigenvalue weighted by Crippen LogP contribution is 2.08. The number of carbonyl (C=O) groups excluding carboxylic acids is 1. The summed E-state index contributed by atoms with van der Waals surface area (Å²) in [5.74, 6) is 0.519. The van der Waals surface area contributed by atoms with Gasteiger partial charge in [0.05, 0.1) is 13.1 Å². The zero-order valence-corrected chi connectivity index (χ0v) is 12.0. The third kappa shape index (κ3) is 4.64. The number of anilines is 1. The van der Waals surface area contributed by atoms with Gasteiger partial charge in [-0.15, -0.1) is 10.2 Å². The van der Waals surface area contributed by atoms with Gasteiger partial charge in [0.1, 0.15) is 5.82 Å². The van der Waals surface area contributed by atoms with Crippen LogP contribution in [-0.4, -0.2) is 34.6 Å². The maximum atomic E-state index is 12.8. The van der Waals surface area contributed by atoms with E-state index in [1.165, 1.54) is 24.3 Å². The molecule has 2 rings (SSSR count). The molecule has 6 nitrogen and oxygen atoms in total. The Hall–Kier alpha value is -2.28. The van der Waals surface area contributed by atoms with E-state index in [2.05, 4.69) is 15.5 Å². The Kier molecular flexibility index (Phi) is 4.99. The van der Waals surface area contributed by atoms with Crippen LogP contribution in [0.15, 0.2) is 28.7 Å². The Morgan fingerprint density at radius 3 is 2.57 bits per heavy atom. The Morgan fingerprint density at radius 2 is 1.95 bits per heavy atom. The number of carbonyl (C=O) groups is 1. The molecule has 1 N–H and O–H groups in total. The van der Waals surface area contributed by atoms with Crippen molar-refractivity contribution in [2.45, 2.75) is 19.9 Å². The van der Waals surface area contributed by atoms with Crippen molar-refractivity contribution in [3.63, 3.8) is 0 Å². The van der Waals surface area contributed by atoms with Crippen molar-refractivity contribution in [2.24, 2.45) is 0 Å². The van der Waals surface area contributed by atoms with Crippen LogP contribution in [-0.2, 0) is 17.8 Å². The molecule has 0 atom stereocenters. The number of aromatic nitrogens is 2. The lowest BCUT2D eigenvalue weighted by Crippen LogP contribution is -2.29. The van der Waals surface area contributed by atoms with E-state index in [4.69, 9.17) is 4.42 Å². The molecule has 1 aromatic carbocycles. The van der Waals surface area contributed by atoms with Gasteiger partial charge in [-0.05, 0) is 31.3 Å². The van der Waals surface area contributed by atoms with Crippen molar-refractivity contribution in [2.75, 3.05) is 18.9 Å². The average Bonchev–Trinajstić information content (AvgIpc) is 2.88. The molecule has 1 amide bonds. The smallest absolute Gasteiger partial charge is 0.238 e. The van der Waals surface area contributed by atoms with E-state index < -0.39 is 0 Å². The molecule has 0 aliphatic rings. The minimum atomic E-state index is -0.340. The molecule has 0 saturated carbocycles. The van der Waals surface area contributed by atoms with E-state index in [9.17, 15) is 9.18 Å². The van der Waals surface area contributed by atoms with Crippen LogP contribution in [0.2, 0.25) is 0 Å². The zero-order valence-electron chi connectivity index (χ0n) is 12.0. The van der Waals surface area contributed by atoms with Gasteiger partial charge in [-0.1, -0.05) is 6.92 Å². The molecule has 0 aliphatic carbocycles. The van der Waals surface area contributed by atoms with Gasteiger partial charge in [0.25, 0.3) is 0 Å². The van der Waals surface area contributed by atoms with E-state index in [0.29, 0.717) is 30.4 Å². The number of halogens is 1. The maximum absolute atomic E-state index is 12.8. The van der Waals surface area contributed by atoms with Gasteiger partial charge in [-0.25, -0.2) is 4.39 Å². The molecule has 21 heavy (non-hydrogen) atoms. The van der Waals surface area contributed by atoms with E-state index in [1.54, 1.807) is 11.9 Å². The second-order valence-corrected chi connectivity index (χ2v) is 4.67. The summed E-state index contributed by atoms with van der Waals surface area (Å²) in [7, 11) is 1.78. The van der Waals surface area contributed by atoms with Crippen molar-refractivity contribution in [1.29, 1.82) is 0 Å². The van der Waals surface area contributed by atoms with Crippen LogP contribution in [0.3, 0.4) is 0 Å². The topological polar surface area (TPSA) is 71.3 Å². The number of rotatable bonds is 6. The summed E-state index contributed by atoms with van der Waals surface area (Å²) in [5, 5.41) is 10.4. The molecule has 0 unspecified atom stereocenters. The predicted molar refractivity (Wildman–Crippen MR) is 75.0 cm³/mol. The second kappa shape index (κ2) is 6.94. The van der Waals surface area contributed by atoms with Crippen molar-refractivity contribution in [1.82, 2.24) is 15.1 Å². The number of benzene rings is 1. The zero-order chi connectivity index (χ0) is 15.2. The molecule has 2 aromatic rings. The Bertz CT molecular complexity index is 597. The summed E-state index contributed by atoms with van der Waals surface area (Å²) in [4.78, 5) is 13.6. The molecule has 0 saturated heterocycles. The molecule has 0 spiro atoms. The minimum absolute atomic E-state index is 0.168. The standard InChI is InChI=1S/C14H17FN4O2/c1-3-13-17-18-14(21-13)9-19(2)8-12(20)16-11-6-4-10(15)5-7-11/h4-7H,3,8-9H2,1-2H3,(H,16,20). The fraction of sp³-hybridized carbons (Fsp3) is 0.357. The number of nitrogens with one attached hydrogen (secondary N) is 1. The lowest BCUT2D eigenvalue weighted by Gasteiger charge is -2.13. The monoisotopic (exact) mass is 292 g/mol. The Labute approximate surface area is 122 Å². The molecular weight excluding hydrogens is 275 g/mol. The van der Waals surface area contributed by atoms with Gasteiger partial charge in [-0.3, -0.25) is 9.69 Å². The summed E-state index contributed by atoms with van der Waals surface area (Å²) >= 11 is 0. The normalized spacial score (nSPS) is 10.9. The summed E-state index contributed by atoms with van der Waals surface area (Å²) < 4.78 is 18.1. The molecule has 0 radical (unpaired) electrons. The largest absolute Gasteiger partial charge is 0.424 e. The fourth-order valence-corrected chi connectivity index (χ4v) is 1.76. The summed E-state index contributed by atoms with van der Waals surface area (Å²) in [6.45, 7) is 2.49. The average molecular weight is 292 g/mol. The van der Waals surface area contributed by atoms with Crippen molar-refractivity contribution >= 4 is 11.6 Å². The van der Waals surface area contributed by atoms with Gasteiger partial charge < -0.3 is 9.73 Å². The first-order valence-electron chi connectivity index (χ1n) is 6.62. The first-order valence-corrected chi connectivity index (χ1v) is 6.62. The molecule has 1 aromatic heterocycles. The highest BCUT2D eigenvalue weighted by atomic mass is 19.1. The molecule has 0 bridgehead atoms. The summed E-state index contributed by atoms with van der Waals surface area (Å²) in [6, 6.07) is 5.62. The first kappa shape index (κ1) is 15.1. The van der Waals surface area contributed by atoms with Crippen LogP contribution in [0.4, 0.5) is 10.1 Å². The lowest BCUT2D eigenvalue weighted by atomic mass is 10.3. The molecule has 1 heterocycles. The van der Waals surface area contributed by atoms with Crippen LogP contribution in [0, 0.1) is 5.82 Å². The molecule has 0 aliphatic heterocycles. The van der Waals surface area contributed by atoms with Crippen molar-refractivity contribution in [3.8, 4) is 0 Å². The van der Waals surface area contributed by atoms with E-state index in [0.717, 1.165) is 0 Å². The van der Waals surface area contributed by atoms with E-state index in [1.807, 2.05) is 6.92 Å². The molecular formula is C14H17FN4O2. The van der Waals surface area contributed by atoms with Crippen LogP contribution in [0.5, 0.6) is 0 Å². The van der Waals surface area contributed by atoms with Crippen LogP contribution < -0.4 is 5.32 Å². The van der Waals surface area contributed by atoms with Gasteiger partial charge in [0.2, 0.25) is 17.7 Å². The third-order valence-corrected chi connectivity index (χ3v) is 2.76. The molecule has 0 fully saturated rings. The van der Waals surface area contributed by atoms with Crippen molar-refractivity contribution < 1.29 is 13.6 Å². The van der Waals surface area contributed by atoms with Gasteiger partial charge in [0, 0.05) is 12.1 Å². The first-order chi connectivity index (χ1) is 10.1. The Balaban J connectivity index is 1.82. The van der Waals surface area contributed by atoms with Crippen LogP contribution >= 0.6 is 0 Å². The number of amides is 1. The van der Waals surface area contributed by atoms with Crippen LogP contribution in [0.1, 0.15) is 18.7 Å². The maximum Gasteiger partial charge on any atom is 0.238 e. The van der Waals surface area contributed by atoms with Crippen LogP contribution in [0.25, 0.3) is 0 Å². The highest BCUT2D eigenvalue weighted by molar-refractivity contribution is 5.92. The van der Waals surface area contributed by atoms with E-state index in [-0.39, 0.29) is 18.3 Å².